The largest absolute Gasteiger partial charge is 0.450 e. The highest BCUT2D eigenvalue weighted by Gasteiger charge is 2.22. The maximum Gasteiger partial charge on any atom is 0.410 e. The zero-order valence-corrected chi connectivity index (χ0v) is 8.06. The van der Waals surface area contributed by atoms with Crippen LogP contribution in [-0.2, 0) is 4.74 Å². The molecule has 74 valence electrons. The van der Waals surface area contributed by atoms with E-state index in [2.05, 4.69) is 4.99 Å². The molecule has 0 atom stereocenters. The molecule has 0 aliphatic carbocycles. The third kappa shape index (κ3) is 1.55. The Morgan fingerprint density at radius 3 is 3.36 bits per heavy atom. The SMILES string of the molecule is CCOC(=O)N1CC=C2C=NC=C2C1. The number of carbonyl (C=O) groups is 1. The topological polar surface area (TPSA) is 41.9 Å². The molecule has 0 fully saturated rings. The second-order valence-corrected chi connectivity index (χ2v) is 3.17. The number of amides is 1. The molecular weight excluding hydrogens is 180 g/mol. The van der Waals surface area contributed by atoms with E-state index in [0.717, 1.165) is 11.1 Å². The maximum absolute atomic E-state index is 11.4. The molecule has 0 radical (unpaired) electrons. The van der Waals surface area contributed by atoms with E-state index in [4.69, 9.17) is 4.74 Å². The molecule has 0 aromatic heterocycles. The first kappa shape index (κ1) is 8.99. The third-order valence-electron chi connectivity index (χ3n) is 2.23. The quantitative estimate of drug-likeness (QED) is 0.629. The van der Waals surface area contributed by atoms with Gasteiger partial charge in [0.2, 0.25) is 0 Å². The Hall–Kier alpha value is -1.58. The predicted molar refractivity (Wildman–Crippen MR) is 53.3 cm³/mol. The number of ether oxygens (including phenoxy) is 1. The van der Waals surface area contributed by atoms with Crippen molar-refractivity contribution in [3.8, 4) is 0 Å². The first-order valence-electron chi connectivity index (χ1n) is 4.65. The summed E-state index contributed by atoms with van der Waals surface area (Å²) in [4.78, 5) is 17.1. The molecule has 0 bridgehead atoms. The lowest BCUT2D eigenvalue weighted by Crippen LogP contribution is -2.36. The molecule has 0 aromatic carbocycles. The number of hydrogen-bond acceptors (Lipinski definition) is 3. The second-order valence-electron chi connectivity index (χ2n) is 3.17. The van der Waals surface area contributed by atoms with E-state index in [1.54, 1.807) is 18.0 Å². The van der Waals surface area contributed by atoms with Crippen molar-refractivity contribution in [1.29, 1.82) is 0 Å². The van der Waals surface area contributed by atoms with Crippen LogP contribution in [0.1, 0.15) is 6.92 Å². The Balaban J connectivity index is 2.04. The van der Waals surface area contributed by atoms with E-state index >= 15 is 0 Å². The highest BCUT2D eigenvalue weighted by Crippen LogP contribution is 2.20. The summed E-state index contributed by atoms with van der Waals surface area (Å²) >= 11 is 0. The molecular formula is C10H12N2O2. The normalized spacial score (nSPS) is 18.8. The molecule has 4 heteroatoms. The van der Waals surface area contributed by atoms with Gasteiger partial charge in [-0.2, -0.15) is 0 Å². The van der Waals surface area contributed by atoms with E-state index in [1.165, 1.54) is 0 Å². The summed E-state index contributed by atoms with van der Waals surface area (Å²) in [5.74, 6) is 0. The van der Waals surface area contributed by atoms with Crippen LogP contribution < -0.4 is 0 Å². The molecule has 0 N–H and O–H groups in total. The first-order chi connectivity index (χ1) is 6.81. The Morgan fingerprint density at radius 2 is 2.57 bits per heavy atom. The molecule has 4 nitrogen and oxygen atoms in total. The van der Waals surface area contributed by atoms with Crippen molar-refractivity contribution in [1.82, 2.24) is 4.90 Å². The molecule has 2 aliphatic rings. The highest BCUT2D eigenvalue weighted by atomic mass is 16.6. The zero-order valence-electron chi connectivity index (χ0n) is 8.06. The molecule has 0 saturated heterocycles. The van der Waals surface area contributed by atoms with Crippen LogP contribution in [0.15, 0.2) is 28.4 Å². The number of aliphatic imine (C=N–C) groups is 1. The highest BCUT2D eigenvalue weighted by molar-refractivity contribution is 5.89. The number of rotatable bonds is 1. The van der Waals surface area contributed by atoms with Crippen molar-refractivity contribution in [2.75, 3.05) is 19.7 Å². The van der Waals surface area contributed by atoms with Crippen LogP contribution in [-0.4, -0.2) is 36.9 Å². The summed E-state index contributed by atoms with van der Waals surface area (Å²) in [6.45, 7) is 3.44. The van der Waals surface area contributed by atoms with Crippen LogP contribution in [0.2, 0.25) is 0 Å². The standard InChI is InChI=1S/C10H12N2O2/c1-2-14-10(13)12-4-3-8-5-11-6-9(8)7-12/h3,5-6H,2,4,7H2,1H3. The van der Waals surface area contributed by atoms with Gasteiger partial charge in [0.15, 0.2) is 0 Å². The van der Waals surface area contributed by atoms with Gasteiger partial charge in [0, 0.05) is 19.0 Å². The second kappa shape index (κ2) is 3.65. The van der Waals surface area contributed by atoms with Gasteiger partial charge in [-0.05, 0) is 18.1 Å². The summed E-state index contributed by atoms with van der Waals surface area (Å²) in [6, 6.07) is 0. The van der Waals surface area contributed by atoms with Crippen molar-refractivity contribution in [2.45, 2.75) is 6.92 Å². The van der Waals surface area contributed by atoms with E-state index in [-0.39, 0.29) is 6.09 Å². The summed E-state index contributed by atoms with van der Waals surface area (Å²) in [5.41, 5.74) is 2.22. The van der Waals surface area contributed by atoms with Gasteiger partial charge >= 0.3 is 6.09 Å². The average Bonchev–Trinajstić information content (AvgIpc) is 2.64. The molecule has 2 heterocycles. The van der Waals surface area contributed by atoms with Crippen molar-refractivity contribution in [2.24, 2.45) is 4.99 Å². The summed E-state index contributed by atoms with van der Waals surface area (Å²) in [6.07, 6.45) is 5.34. The van der Waals surface area contributed by atoms with Crippen molar-refractivity contribution < 1.29 is 9.53 Å². The number of nitrogens with zero attached hydrogens (tertiary/aromatic N) is 2. The van der Waals surface area contributed by atoms with Gasteiger partial charge in [-0.15, -0.1) is 0 Å². The molecule has 0 saturated carbocycles. The lowest BCUT2D eigenvalue weighted by molar-refractivity contribution is 0.114. The van der Waals surface area contributed by atoms with Crippen LogP contribution in [0.5, 0.6) is 0 Å². The lowest BCUT2D eigenvalue weighted by atomic mass is 10.1. The maximum atomic E-state index is 11.4. The first-order valence-corrected chi connectivity index (χ1v) is 4.65. The minimum atomic E-state index is -0.254. The van der Waals surface area contributed by atoms with Crippen LogP contribution >= 0.6 is 0 Å². The molecule has 0 aromatic rings. The lowest BCUT2D eigenvalue weighted by Gasteiger charge is -2.24. The van der Waals surface area contributed by atoms with Crippen LogP contribution in [0, 0.1) is 0 Å². The van der Waals surface area contributed by atoms with Gasteiger partial charge in [-0.3, -0.25) is 4.99 Å². The fourth-order valence-electron chi connectivity index (χ4n) is 1.51. The summed E-state index contributed by atoms with van der Waals surface area (Å²) < 4.78 is 4.92. The summed E-state index contributed by atoms with van der Waals surface area (Å²) in [7, 11) is 0. The van der Waals surface area contributed by atoms with Crippen LogP contribution in [0.4, 0.5) is 4.79 Å². The molecule has 0 spiro atoms. The third-order valence-corrected chi connectivity index (χ3v) is 2.23. The Bertz CT molecular complexity index is 342. The van der Waals surface area contributed by atoms with Crippen LogP contribution in [0.25, 0.3) is 0 Å². The molecule has 2 aliphatic heterocycles. The van der Waals surface area contributed by atoms with E-state index in [0.29, 0.717) is 19.7 Å². The number of fused-ring (bicyclic) bond motifs is 1. The van der Waals surface area contributed by atoms with Crippen molar-refractivity contribution in [3.05, 3.63) is 23.4 Å². The number of carbonyl (C=O) groups excluding carboxylic acids is 1. The molecule has 14 heavy (non-hydrogen) atoms. The fourth-order valence-corrected chi connectivity index (χ4v) is 1.51. The van der Waals surface area contributed by atoms with E-state index in [9.17, 15) is 4.79 Å². The van der Waals surface area contributed by atoms with Gasteiger partial charge in [0.1, 0.15) is 0 Å². The van der Waals surface area contributed by atoms with E-state index < -0.39 is 0 Å². The Labute approximate surface area is 82.6 Å². The van der Waals surface area contributed by atoms with Gasteiger partial charge in [-0.25, -0.2) is 4.79 Å². The van der Waals surface area contributed by atoms with Gasteiger partial charge < -0.3 is 9.64 Å². The van der Waals surface area contributed by atoms with Gasteiger partial charge in [0.25, 0.3) is 0 Å². The van der Waals surface area contributed by atoms with Gasteiger partial charge in [-0.1, -0.05) is 6.08 Å². The average molecular weight is 192 g/mol. The number of hydrogen-bond donors (Lipinski definition) is 0. The zero-order chi connectivity index (χ0) is 9.97. The van der Waals surface area contributed by atoms with Crippen molar-refractivity contribution >= 4 is 12.3 Å². The summed E-state index contributed by atoms with van der Waals surface area (Å²) in [5, 5.41) is 0. The minimum Gasteiger partial charge on any atom is -0.450 e. The Morgan fingerprint density at radius 1 is 1.71 bits per heavy atom. The van der Waals surface area contributed by atoms with Crippen LogP contribution in [0.3, 0.4) is 0 Å². The molecule has 2 rings (SSSR count). The van der Waals surface area contributed by atoms with E-state index in [1.807, 2.05) is 12.3 Å². The Kier molecular flexibility index (Phi) is 2.35. The predicted octanol–water partition coefficient (Wildman–Crippen LogP) is 1.35. The monoisotopic (exact) mass is 192 g/mol. The minimum absolute atomic E-state index is 0.254. The van der Waals surface area contributed by atoms with Gasteiger partial charge in [0.05, 0.1) is 13.2 Å². The van der Waals surface area contributed by atoms with Crippen molar-refractivity contribution in [3.63, 3.8) is 0 Å². The smallest absolute Gasteiger partial charge is 0.410 e. The molecule has 1 amide bonds. The fraction of sp³-hybridized carbons (Fsp3) is 0.400. The molecule has 0 unspecified atom stereocenters.